The molecule has 8 heteroatoms. The van der Waals surface area contributed by atoms with Crippen LogP contribution in [0.1, 0.15) is 24.8 Å². The molecule has 2 aromatic rings. The minimum absolute atomic E-state index is 0.104. The maximum Gasteiger partial charge on any atom is 0.293 e. The molecule has 4 rings (SSSR count). The average Bonchev–Trinajstić information content (AvgIpc) is 3.20. The van der Waals surface area contributed by atoms with Gasteiger partial charge in [-0.3, -0.25) is 19.3 Å². The monoisotopic (exact) mass is 487 g/mol. The van der Waals surface area contributed by atoms with Crippen LogP contribution in [0.4, 0.5) is 4.79 Å². The number of imide groups is 1. The van der Waals surface area contributed by atoms with E-state index in [-0.39, 0.29) is 30.1 Å². The van der Waals surface area contributed by atoms with Crippen molar-refractivity contribution in [2.24, 2.45) is 0 Å². The molecule has 0 N–H and O–H groups in total. The number of fused-ring (bicyclic) bond motifs is 1. The normalized spacial score (nSPS) is 18.6. The van der Waals surface area contributed by atoms with Gasteiger partial charge in [0.05, 0.1) is 4.91 Å². The molecule has 2 aliphatic rings. The predicted octanol–water partition coefficient (Wildman–Crippen LogP) is 4.64. The lowest BCUT2D eigenvalue weighted by atomic mass is 10.1. The lowest BCUT2D eigenvalue weighted by Gasteiger charge is -2.27. The standard InChI is InChI=1S/C22H22BrN3O3S/c1-2-8-26-21(28)19(30-22(26)29)11-15-13-25(18-7-6-16(23)12-17(15)18)14-20(27)24-9-4-3-5-10-24/h2,6-7,11-13H,1,3-5,8-10,14H2/b19-11-. The maximum atomic E-state index is 12.8. The van der Waals surface area contributed by atoms with Gasteiger partial charge in [-0.25, -0.2) is 0 Å². The molecule has 30 heavy (non-hydrogen) atoms. The third-order valence-corrected chi connectivity index (χ3v) is 6.76. The number of halogens is 1. The first kappa shape index (κ1) is 20.9. The van der Waals surface area contributed by atoms with Gasteiger partial charge in [0, 0.05) is 46.8 Å². The largest absolute Gasteiger partial charge is 0.341 e. The Balaban J connectivity index is 1.68. The average molecular weight is 488 g/mol. The van der Waals surface area contributed by atoms with Gasteiger partial charge in [-0.05, 0) is 55.3 Å². The summed E-state index contributed by atoms with van der Waals surface area (Å²) in [6, 6.07) is 5.87. The Labute approximate surface area is 187 Å². The van der Waals surface area contributed by atoms with E-state index in [1.165, 1.54) is 17.4 Å². The molecule has 2 saturated heterocycles. The zero-order chi connectivity index (χ0) is 21.3. The number of aromatic nitrogens is 1. The highest BCUT2D eigenvalue weighted by molar-refractivity contribution is 9.10. The molecule has 1 aromatic heterocycles. The highest BCUT2D eigenvalue weighted by Gasteiger charge is 2.34. The van der Waals surface area contributed by atoms with Crippen molar-refractivity contribution in [3.63, 3.8) is 0 Å². The van der Waals surface area contributed by atoms with Gasteiger partial charge in [-0.15, -0.1) is 6.58 Å². The molecule has 6 nitrogen and oxygen atoms in total. The zero-order valence-electron chi connectivity index (χ0n) is 16.5. The van der Waals surface area contributed by atoms with Crippen molar-refractivity contribution in [1.29, 1.82) is 0 Å². The molecule has 3 heterocycles. The lowest BCUT2D eigenvalue weighted by Crippen LogP contribution is -2.37. The summed E-state index contributed by atoms with van der Waals surface area (Å²) in [4.78, 5) is 41.0. The van der Waals surface area contributed by atoms with Gasteiger partial charge in [-0.1, -0.05) is 22.0 Å². The van der Waals surface area contributed by atoms with Crippen LogP contribution < -0.4 is 0 Å². The molecule has 2 fully saturated rings. The number of hydrogen-bond donors (Lipinski definition) is 0. The van der Waals surface area contributed by atoms with E-state index in [4.69, 9.17) is 0 Å². The molecule has 2 aliphatic heterocycles. The number of benzene rings is 1. The predicted molar refractivity (Wildman–Crippen MR) is 123 cm³/mol. The zero-order valence-corrected chi connectivity index (χ0v) is 18.9. The number of piperidine rings is 1. The van der Waals surface area contributed by atoms with Crippen molar-refractivity contribution in [2.75, 3.05) is 19.6 Å². The molecular formula is C22H22BrN3O3S. The van der Waals surface area contributed by atoms with E-state index >= 15 is 0 Å². The lowest BCUT2D eigenvalue weighted by molar-refractivity contribution is -0.132. The Morgan fingerprint density at radius 1 is 1.20 bits per heavy atom. The summed E-state index contributed by atoms with van der Waals surface area (Å²) in [5.41, 5.74) is 1.72. The van der Waals surface area contributed by atoms with Crippen LogP contribution in [0, 0.1) is 0 Å². The highest BCUT2D eigenvalue weighted by atomic mass is 79.9. The first-order chi connectivity index (χ1) is 14.5. The number of rotatable bonds is 5. The molecule has 0 bridgehead atoms. The van der Waals surface area contributed by atoms with Gasteiger partial charge in [0.25, 0.3) is 11.1 Å². The van der Waals surface area contributed by atoms with Crippen LogP contribution in [0.15, 0.2) is 46.4 Å². The summed E-state index contributed by atoms with van der Waals surface area (Å²) in [5.74, 6) is -0.211. The summed E-state index contributed by atoms with van der Waals surface area (Å²) in [6.07, 6.45) is 8.45. The Morgan fingerprint density at radius 2 is 1.97 bits per heavy atom. The van der Waals surface area contributed by atoms with Gasteiger partial charge in [0.2, 0.25) is 5.91 Å². The fourth-order valence-electron chi connectivity index (χ4n) is 3.86. The summed E-state index contributed by atoms with van der Waals surface area (Å²) in [5, 5.41) is 0.627. The first-order valence-electron chi connectivity index (χ1n) is 9.90. The molecule has 156 valence electrons. The van der Waals surface area contributed by atoms with Gasteiger partial charge in [0.15, 0.2) is 0 Å². The fourth-order valence-corrected chi connectivity index (χ4v) is 5.06. The van der Waals surface area contributed by atoms with Crippen LogP contribution in [0.25, 0.3) is 17.0 Å². The van der Waals surface area contributed by atoms with Crippen LogP contribution in [-0.4, -0.2) is 51.1 Å². The summed E-state index contributed by atoms with van der Waals surface area (Å²) >= 11 is 4.43. The molecule has 0 atom stereocenters. The summed E-state index contributed by atoms with van der Waals surface area (Å²) < 4.78 is 2.84. The molecule has 0 unspecified atom stereocenters. The molecule has 1 aromatic carbocycles. The van der Waals surface area contributed by atoms with E-state index in [1.54, 1.807) is 6.08 Å². The van der Waals surface area contributed by atoms with E-state index in [0.29, 0.717) is 4.91 Å². The number of carbonyl (C=O) groups excluding carboxylic acids is 3. The van der Waals surface area contributed by atoms with E-state index < -0.39 is 0 Å². The number of nitrogens with zero attached hydrogens (tertiary/aromatic N) is 3. The number of amides is 3. The van der Waals surface area contributed by atoms with Crippen molar-refractivity contribution in [3.8, 4) is 0 Å². The van der Waals surface area contributed by atoms with Gasteiger partial charge < -0.3 is 9.47 Å². The van der Waals surface area contributed by atoms with Crippen LogP contribution in [0.5, 0.6) is 0 Å². The van der Waals surface area contributed by atoms with Crippen molar-refractivity contribution >= 4 is 61.7 Å². The number of thioether (sulfide) groups is 1. The molecular weight excluding hydrogens is 466 g/mol. The van der Waals surface area contributed by atoms with E-state index in [0.717, 1.165) is 58.6 Å². The smallest absolute Gasteiger partial charge is 0.293 e. The van der Waals surface area contributed by atoms with E-state index in [1.807, 2.05) is 33.9 Å². The SMILES string of the molecule is C=CCN1C(=O)S/C(=C\c2cn(CC(=O)N3CCCCC3)c3ccc(Br)cc23)C1=O. The van der Waals surface area contributed by atoms with Gasteiger partial charge in [-0.2, -0.15) is 0 Å². The minimum atomic E-state index is -0.315. The van der Waals surface area contributed by atoms with Crippen LogP contribution in [0.2, 0.25) is 0 Å². The number of hydrogen-bond acceptors (Lipinski definition) is 4. The number of likely N-dealkylation sites (tertiary alicyclic amines) is 1. The topological polar surface area (TPSA) is 62.6 Å². The Bertz CT molecular complexity index is 1070. The van der Waals surface area contributed by atoms with Gasteiger partial charge >= 0.3 is 0 Å². The third-order valence-electron chi connectivity index (χ3n) is 5.36. The molecule has 0 saturated carbocycles. The summed E-state index contributed by atoms with van der Waals surface area (Å²) in [6.45, 7) is 5.68. The Morgan fingerprint density at radius 3 is 2.70 bits per heavy atom. The molecule has 0 aliphatic carbocycles. The van der Waals surface area contributed by atoms with Crippen LogP contribution >= 0.6 is 27.7 Å². The van der Waals surface area contributed by atoms with Crippen molar-refractivity contribution in [3.05, 3.63) is 52.0 Å². The van der Waals surface area contributed by atoms with Crippen LogP contribution in [-0.2, 0) is 16.1 Å². The van der Waals surface area contributed by atoms with Crippen molar-refractivity contribution < 1.29 is 14.4 Å². The van der Waals surface area contributed by atoms with E-state index in [9.17, 15) is 14.4 Å². The van der Waals surface area contributed by atoms with Crippen molar-refractivity contribution in [1.82, 2.24) is 14.4 Å². The second-order valence-corrected chi connectivity index (χ2v) is 9.31. The first-order valence-corrected chi connectivity index (χ1v) is 11.5. The van der Waals surface area contributed by atoms with Crippen molar-refractivity contribution in [2.45, 2.75) is 25.8 Å². The van der Waals surface area contributed by atoms with E-state index in [2.05, 4.69) is 22.5 Å². The Kier molecular flexibility index (Phi) is 6.15. The van der Waals surface area contributed by atoms with Gasteiger partial charge in [0.1, 0.15) is 6.54 Å². The second-order valence-electron chi connectivity index (χ2n) is 7.40. The molecule has 0 spiro atoms. The quantitative estimate of drug-likeness (QED) is 0.455. The minimum Gasteiger partial charge on any atom is -0.341 e. The third kappa shape index (κ3) is 4.11. The highest BCUT2D eigenvalue weighted by Crippen LogP contribution is 2.34. The summed E-state index contributed by atoms with van der Waals surface area (Å²) in [7, 11) is 0. The molecule has 3 amide bonds. The maximum absolute atomic E-state index is 12.8. The fraction of sp³-hybridized carbons (Fsp3) is 0.318. The Hall–Kier alpha value is -2.32. The molecule has 0 radical (unpaired) electrons. The number of carbonyl (C=O) groups is 3. The second kappa shape index (κ2) is 8.81. The van der Waals surface area contributed by atoms with Crippen LogP contribution in [0.3, 0.4) is 0 Å².